The van der Waals surface area contributed by atoms with E-state index in [0.29, 0.717) is 23.8 Å². The van der Waals surface area contributed by atoms with E-state index in [4.69, 9.17) is 18.9 Å². The summed E-state index contributed by atoms with van der Waals surface area (Å²) in [6, 6.07) is 13.7. The van der Waals surface area contributed by atoms with Crippen molar-refractivity contribution in [1.29, 1.82) is 0 Å². The van der Waals surface area contributed by atoms with Crippen molar-refractivity contribution in [3.05, 3.63) is 48.5 Å². The van der Waals surface area contributed by atoms with Crippen LogP contribution >= 0.6 is 0 Å². The molecule has 0 saturated carbocycles. The minimum Gasteiger partial charge on any atom is -0.497 e. The summed E-state index contributed by atoms with van der Waals surface area (Å²) in [6.45, 7) is 1.78. The van der Waals surface area contributed by atoms with Gasteiger partial charge < -0.3 is 24.3 Å². The molecule has 0 spiro atoms. The summed E-state index contributed by atoms with van der Waals surface area (Å²) in [5.74, 6) is 0.749. The lowest BCUT2D eigenvalue weighted by molar-refractivity contribution is -0.149. The molecular weight excluding hydrogens is 338 g/mol. The molecule has 0 radical (unpaired) electrons. The van der Waals surface area contributed by atoms with Crippen LogP contribution < -0.4 is 19.5 Å². The van der Waals surface area contributed by atoms with Gasteiger partial charge in [-0.3, -0.25) is 4.79 Å². The Hall–Kier alpha value is -3.22. The van der Waals surface area contributed by atoms with Crippen LogP contribution in [-0.2, 0) is 14.3 Å². The first-order valence-corrected chi connectivity index (χ1v) is 8.06. The number of methoxy groups -OCH3 is 1. The molecule has 0 bridgehead atoms. The molecule has 7 nitrogen and oxygen atoms in total. The lowest BCUT2D eigenvalue weighted by atomic mass is 10.3. The second kappa shape index (κ2) is 9.93. The summed E-state index contributed by atoms with van der Waals surface area (Å²) in [6.07, 6.45) is 0. The maximum Gasteiger partial charge on any atom is 0.344 e. The molecule has 2 aromatic carbocycles. The topological polar surface area (TPSA) is 83.1 Å². The number of hydrogen-bond acceptors (Lipinski definition) is 6. The predicted octanol–water partition coefficient (Wildman–Crippen LogP) is 2.65. The molecule has 0 saturated heterocycles. The van der Waals surface area contributed by atoms with E-state index < -0.39 is 18.5 Å². The van der Waals surface area contributed by atoms with Crippen molar-refractivity contribution in [1.82, 2.24) is 0 Å². The first kappa shape index (κ1) is 19.1. The molecule has 0 aliphatic carbocycles. The Labute approximate surface area is 151 Å². The van der Waals surface area contributed by atoms with Gasteiger partial charge >= 0.3 is 5.97 Å². The lowest BCUT2D eigenvalue weighted by Crippen LogP contribution is -2.23. The summed E-state index contributed by atoms with van der Waals surface area (Å²) in [7, 11) is 1.53. The van der Waals surface area contributed by atoms with Gasteiger partial charge in [-0.25, -0.2) is 4.79 Å². The van der Waals surface area contributed by atoms with Gasteiger partial charge in [-0.2, -0.15) is 0 Å². The number of carbonyl (C=O) groups is 2. The van der Waals surface area contributed by atoms with Crippen molar-refractivity contribution in [3.63, 3.8) is 0 Å². The van der Waals surface area contributed by atoms with E-state index >= 15 is 0 Å². The highest BCUT2D eigenvalue weighted by Gasteiger charge is 2.09. The van der Waals surface area contributed by atoms with Crippen molar-refractivity contribution < 1.29 is 28.5 Å². The molecule has 0 unspecified atom stereocenters. The van der Waals surface area contributed by atoms with E-state index in [1.165, 1.54) is 7.11 Å². The number of amides is 1. The Balaban J connectivity index is 1.71. The fourth-order valence-corrected chi connectivity index (χ4v) is 2.03. The number of rotatable bonds is 9. The maximum absolute atomic E-state index is 11.8. The van der Waals surface area contributed by atoms with Gasteiger partial charge in [0, 0.05) is 11.8 Å². The molecule has 0 aliphatic heterocycles. The summed E-state index contributed by atoms with van der Waals surface area (Å²) in [5.41, 5.74) is 0.552. The van der Waals surface area contributed by atoms with Gasteiger partial charge in [0.2, 0.25) is 0 Å². The van der Waals surface area contributed by atoms with Crippen LogP contribution in [0.4, 0.5) is 5.69 Å². The van der Waals surface area contributed by atoms with Crippen LogP contribution in [0.3, 0.4) is 0 Å². The summed E-state index contributed by atoms with van der Waals surface area (Å²) in [4.78, 5) is 23.5. The normalized spacial score (nSPS) is 9.92. The second-order valence-electron chi connectivity index (χ2n) is 5.13. The Morgan fingerprint density at radius 3 is 2.27 bits per heavy atom. The average molecular weight is 359 g/mol. The molecule has 0 fully saturated rings. The number of benzene rings is 2. The van der Waals surface area contributed by atoms with E-state index in [9.17, 15) is 9.59 Å². The predicted molar refractivity (Wildman–Crippen MR) is 95.7 cm³/mol. The van der Waals surface area contributed by atoms with Crippen LogP contribution in [0.5, 0.6) is 17.2 Å². The van der Waals surface area contributed by atoms with Gasteiger partial charge in [0.05, 0.1) is 13.7 Å². The van der Waals surface area contributed by atoms with Gasteiger partial charge in [-0.15, -0.1) is 0 Å². The number of hydrogen-bond donors (Lipinski definition) is 1. The average Bonchev–Trinajstić information content (AvgIpc) is 2.66. The first-order chi connectivity index (χ1) is 12.6. The molecule has 0 heterocycles. The zero-order valence-electron chi connectivity index (χ0n) is 14.7. The van der Waals surface area contributed by atoms with Crippen LogP contribution in [0.15, 0.2) is 48.5 Å². The van der Waals surface area contributed by atoms with Crippen molar-refractivity contribution in [2.45, 2.75) is 6.92 Å². The molecule has 1 N–H and O–H groups in total. The molecular formula is C19H21NO6. The molecule has 26 heavy (non-hydrogen) atoms. The van der Waals surface area contributed by atoms with Crippen molar-refractivity contribution in [3.8, 4) is 17.2 Å². The van der Waals surface area contributed by atoms with Crippen molar-refractivity contribution >= 4 is 17.6 Å². The Bertz CT molecular complexity index is 729. The largest absolute Gasteiger partial charge is 0.497 e. The van der Waals surface area contributed by atoms with E-state index in [1.54, 1.807) is 48.5 Å². The van der Waals surface area contributed by atoms with Crippen molar-refractivity contribution in [2.75, 3.05) is 32.2 Å². The zero-order chi connectivity index (χ0) is 18.8. The molecule has 2 rings (SSSR count). The molecule has 1 amide bonds. The Morgan fingerprint density at radius 1 is 0.923 bits per heavy atom. The van der Waals surface area contributed by atoms with Crippen LogP contribution in [0, 0.1) is 0 Å². The smallest absolute Gasteiger partial charge is 0.344 e. The highest BCUT2D eigenvalue weighted by atomic mass is 16.6. The van der Waals surface area contributed by atoms with Crippen LogP contribution in [0.1, 0.15) is 6.92 Å². The third-order valence-corrected chi connectivity index (χ3v) is 3.21. The number of nitrogens with one attached hydrogen (secondary N) is 1. The van der Waals surface area contributed by atoms with Crippen LogP contribution in [-0.4, -0.2) is 38.8 Å². The molecule has 7 heteroatoms. The van der Waals surface area contributed by atoms with Gasteiger partial charge in [0.15, 0.2) is 13.2 Å². The monoisotopic (exact) mass is 359 g/mol. The van der Waals surface area contributed by atoms with Gasteiger partial charge in [-0.1, -0.05) is 6.07 Å². The molecule has 0 atom stereocenters. The van der Waals surface area contributed by atoms with E-state index in [1.807, 2.05) is 6.92 Å². The number of anilines is 1. The standard InChI is InChI=1S/C19H21NO6/c1-3-24-15-7-9-16(10-8-15)25-13-19(22)26-12-18(21)20-14-5-4-6-17(11-14)23-2/h4-11H,3,12-13H2,1-2H3,(H,20,21). The maximum atomic E-state index is 11.8. The molecule has 138 valence electrons. The lowest BCUT2D eigenvalue weighted by Gasteiger charge is -2.09. The molecule has 0 aliphatic rings. The zero-order valence-corrected chi connectivity index (χ0v) is 14.7. The molecule has 0 aromatic heterocycles. The van der Waals surface area contributed by atoms with E-state index in [0.717, 1.165) is 5.75 Å². The number of carbonyl (C=O) groups excluding carboxylic acids is 2. The SMILES string of the molecule is CCOc1ccc(OCC(=O)OCC(=O)Nc2cccc(OC)c2)cc1. The molecule has 2 aromatic rings. The van der Waals surface area contributed by atoms with Crippen molar-refractivity contribution in [2.24, 2.45) is 0 Å². The fraction of sp³-hybridized carbons (Fsp3) is 0.263. The first-order valence-electron chi connectivity index (χ1n) is 8.06. The third kappa shape index (κ3) is 6.35. The number of esters is 1. The third-order valence-electron chi connectivity index (χ3n) is 3.21. The Morgan fingerprint density at radius 2 is 1.62 bits per heavy atom. The fourth-order valence-electron chi connectivity index (χ4n) is 2.03. The summed E-state index contributed by atoms with van der Waals surface area (Å²) >= 11 is 0. The minimum absolute atomic E-state index is 0.291. The highest BCUT2D eigenvalue weighted by molar-refractivity contribution is 5.93. The van der Waals surface area contributed by atoms with Gasteiger partial charge in [-0.05, 0) is 43.3 Å². The van der Waals surface area contributed by atoms with E-state index in [2.05, 4.69) is 5.32 Å². The highest BCUT2D eigenvalue weighted by Crippen LogP contribution is 2.18. The second-order valence-corrected chi connectivity index (χ2v) is 5.13. The quantitative estimate of drug-likeness (QED) is 0.693. The minimum atomic E-state index is -0.639. The number of ether oxygens (including phenoxy) is 4. The van der Waals surface area contributed by atoms with Crippen LogP contribution in [0.2, 0.25) is 0 Å². The van der Waals surface area contributed by atoms with E-state index in [-0.39, 0.29) is 6.61 Å². The van der Waals surface area contributed by atoms with Gasteiger partial charge in [0.1, 0.15) is 17.2 Å². The Kier molecular flexibility index (Phi) is 7.30. The van der Waals surface area contributed by atoms with Crippen LogP contribution in [0.25, 0.3) is 0 Å². The summed E-state index contributed by atoms with van der Waals surface area (Å²) in [5, 5.41) is 2.61. The summed E-state index contributed by atoms with van der Waals surface area (Å²) < 4.78 is 20.6. The van der Waals surface area contributed by atoms with Gasteiger partial charge in [0.25, 0.3) is 5.91 Å².